The Bertz CT molecular complexity index is 692. The van der Waals surface area contributed by atoms with E-state index in [4.69, 9.17) is 9.84 Å². The lowest BCUT2D eigenvalue weighted by Crippen LogP contribution is -2.60. The molecule has 4 aliphatic carbocycles. The smallest absolute Gasteiger partial charge is 0.303 e. The summed E-state index contributed by atoms with van der Waals surface area (Å²) in [5.41, 5.74) is 0.156. The second-order valence-electron chi connectivity index (χ2n) is 11.9. The van der Waals surface area contributed by atoms with E-state index in [1.165, 1.54) is 6.42 Å². The van der Waals surface area contributed by atoms with E-state index in [0.717, 1.165) is 83.7 Å². The van der Waals surface area contributed by atoms with Gasteiger partial charge in [0, 0.05) is 25.9 Å². The summed E-state index contributed by atoms with van der Waals surface area (Å²) in [7, 11) is 0. The molecule has 5 heteroatoms. The third-order valence-corrected chi connectivity index (χ3v) is 10.2. The molecule has 4 fully saturated rings. The molecule has 8 atom stereocenters. The number of Topliss-reactive ketones (excluding diaryl/α,β-unsaturated/α-hetero) is 1. The van der Waals surface area contributed by atoms with Gasteiger partial charge < -0.3 is 14.9 Å². The van der Waals surface area contributed by atoms with Crippen LogP contribution < -0.4 is 0 Å². The Hall–Kier alpha value is -0.940. The molecule has 3 unspecified atom stereocenters. The zero-order valence-corrected chi connectivity index (χ0v) is 20.2. The van der Waals surface area contributed by atoms with Crippen molar-refractivity contribution in [2.75, 3.05) is 6.61 Å². The number of ether oxygens (including phenoxy) is 1. The minimum atomic E-state index is -0.704. The quantitative estimate of drug-likeness (QED) is 0.463. The number of ketones is 1. The number of fused-ring (bicyclic) bond motifs is 5. The van der Waals surface area contributed by atoms with Gasteiger partial charge in [0.1, 0.15) is 5.78 Å². The summed E-state index contributed by atoms with van der Waals surface area (Å²) >= 11 is 0. The number of aliphatic hydroxyl groups excluding tert-OH is 1. The summed E-state index contributed by atoms with van der Waals surface area (Å²) in [6, 6.07) is 0. The van der Waals surface area contributed by atoms with Crippen molar-refractivity contribution in [2.24, 2.45) is 34.5 Å². The van der Waals surface area contributed by atoms with Crippen LogP contribution >= 0.6 is 0 Å². The molecule has 0 aliphatic heterocycles. The summed E-state index contributed by atoms with van der Waals surface area (Å²) in [6.07, 6.45) is 13.0. The number of carboxylic acid groups (broad SMARTS) is 1. The van der Waals surface area contributed by atoms with Gasteiger partial charge in [-0.3, -0.25) is 9.59 Å². The van der Waals surface area contributed by atoms with Crippen molar-refractivity contribution >= 4 is 11.8 Å². The maximum absolute atomic E-state index is 12.2. The molecule has 182 valence electrons. The second kappa shape index (κ2) is 9.74. The van der Waals surface area contributed by atoms with Gasteiger partial charge in [-0.1, -0.05) is 33.1 Å². The molecule has 32 heavy (non-hydrogen) atoms. The van der Waals surface area contributed by atoms with E-state index < -0.39 is 5.97 Å². The van der Waals surface area contributed by atoms with Crippen LogP contribution in [0.15, 0.2) is 0 Å². The Morgan fingerprint density at radius 3 is 2.56 bits per heavy atom. The number of carboxylic acids is 1. The fourth-order valence-corrected chi connectivity index (χ4v) is 8.41. The van der Waals surface area contributed by atoms with E-state index in [1.807, 2.05) is 0 Å². The predicted octanol–water partition coefficient (Wildman–Crippen LogP) is 5.38. The van der Waals surface area contributed by atoms with E-state index in [9.17, 15) is 14.7 Å². The van der Waals surface area contributed by atoms with Gasteiger partial charge in [0.15, 0.2) is 0 Å². The molecule has 0 bridgehead atoms. The van der Waals surface area contributed by atoms with Crippen molar-refractivity contribution in [3.8, 4) is 0 Å². The van der Waals surface area contributed by atoms with Crippen LogP contribution in [0.25, 0.3) is 0 Å². The van der Waals surface area contributed by atoms with Crippen LogP contribution in [0.5, 0.6) is 0 Å². The molecule has 4 rings (SSSR count). The SMILES string of the molecule is C[C@]12CCC(=O)CC1CC[C@@H]1[C@H]2C(OCCCCCCCC(=O)O)C[C@]2(C)C(O)CC[C@@H]12. The molecule has 0 aromatic carbocycles. The summed E-state index contributed by atoms with van der Waals surface area (Å²) < 4.78 is 6.67. The van der Waals surface area contributed by atoms with Crippen LogP contribution in [-0.4, -0.2) is 40.8 Å². The molecule has 0 aromatic rings. The van der Waals surface area contributed by atoms with E-state index >= 15 is 0 Å². The predicted molar refractivity (Wildman–Crippen MR) is 123 cm³/mol. The summed E-state index contributed by atoms with van der Waals surface area (Å²) in [5, 5.41) is 19.7. The van der Waals surface area contributed by atoms with Gasteiger partial charge in [-0.05, 0) is 85.9 Å². The Balaban J connectivity index is 1.41. The minimum absolute atomic E-state index is 0.0314. The lowest BCUT2D eigenvalue weighted by molar-refractivity contribution is -0.192. The topological polar surface area (TPSA) is 83.8 Å². The van der Waals surface area contributed by atoms with Crippen molar-refractivity contribution in [1.29, 1.82) is 0 Å². The van der Waals surface area contributed by atoms with Crippen LogP contribution in [0.4, 0.5) is 0 Å². The van der Waals surface area contributed by atoms with Crippen molar-refractivity contribution in [3.05, 3.63) is 0 Å². The molecule has 0 spiro atoms. The number of aliphatic carboxylic acids is 1. The maximum Gasteiger partial charge on any atom is 0.303 e. The number of hydrogen-bond acceptors (Lipinski definition) is 4. The van der Waals surface area contributed by atoms with Gasteiger partial charge in [0.05, 0.1) is 12.2 Å². The number of carbonyl (C=O) groups excluding carboxylic acids is 1. The van der Waals surface area contributed by atoms with Crippen LogP contribution in [0.3, 0.4) is 0 Å². The molecule has 0 heterocycles. The summed E-state index contributed by atoms with van der Waals surface area (Å²) in [6.45, 7) is 5.51. The zero-order valence-electron chi connectivity index (χ0n) is 20.2. The second-order valence-corrected chi connectivity index (χ2v) is 11.9. The molecular formula is C27H44O5. The molecule has 4 saturated carbocycles. The van der Waals surface area contributed by atoms with Crippen molar-refractivity contribution in [2.45, 2.75) is 116 Å². The van der Waals surface area contributed by atoms with Crippen LogP contribution in [0, 0.1) is 34.5 Å². The third-order valence-electron chi connectivity index (χ3n) is 10.2. The van der Waals surface area contributed by atoms with E-state index in [1.54, 1.807) is 0 Å². The molecule has 0 aromatic heterocycles. The first-order valence-electron chi connectivity index (χ1n) is 13.3. The number of rotatable bonds is 9. The Morgan fingerprint density at radius 1 is 1.03 bits per heavy atom. The number of unbranched alkanes of at least 4 members (excludes halogenated alkanes) is 4. The third kappa shape index (κ3) is 4.53. The molecule has 2 N–H and O–H groups in total. The maximum atomic E-state index is 12.2. The molecule has 0 saturated heterocycles. The van der Waals surface area contributed by atoms with Crippen molar-refractivity contribution in [1.82, 2.24) is 0 Å². The molecular weight excluding hydrogens is 404 g/mol. The monoisotopic (exact) mass is 448 g/mol. The average molecular weight is 449 g/mol. The molecule has 4 aliphatic rings. The number of carbonyl (C=O) groups is 2. The van der Waals surface area contributed by atoms with E-state index in [2.05, 4.69) is 13.8 Å². The van der Waals surface area contributed by atoms with E-state index in [-0.39, 0.29) is 29.5 Å². The van der Waals surface area contributed by atoms with Crippen LogP contribution in [0.2, 0.25) is 0 Å². The first-order valence-corrected chi connectivity index (χ1v) is 13.3. The Labute approximate surface area is 193 Å². The largest absolute Gasteiger partial charge is 0.481 e. The van der Waals surface area contributed by atoms with Gasteiger partial charge in [0.2, 0.25) is 0 Å². The number of hydrogen-bond donors (Lipinski definition) is 2. The van der Waals surface area contributed by atoms with E-state index in [0.29, 0.717) is 29.5 Å². The van der Waals surface area contributed by atoms with Crippen molar-refractivity contribution < 1.29 is 24.5 Å². The van der Waals surface area contributed by atoms with Crippen LogP contribution in [-0.2, 0) is 14.3 Å². The first-order chi connectivity index (χ1) is 15.3. The Morgan fingerprint density at radius 2 is 1.78 bits per heavy atom. The highest BCUT2D eigenvalue weighted by Crippen LogP contribution is 2.66. The van der Waals surface area contributed by atoms with Gasteiger partial charge in [-0.2, -0.15) is 0 Å². The zero-order chi connectivity index (χ0) is 22.9. The lowest BCUT2D eigenvalue weighted by Gasteiger charge is -2.62. The lowest BCUT2D eigenvalue weighted by atomic mass is 9.44. The van der Waals surface area contributed by atoms with Gasteiger partial charge >= 0.3 is 5.97 Å². The molecule has 0 amide bonds. The highest BCUT2D eigenvalue weighted by atomic mass is 16.5. The number of aliphatic hydroxyl groups is 1. The summed E-state index contributed by atoms with van der Waals surface area (Å²) in [4.78, 5) is 22.9. The van der Waals surface area contributed by atoms with Gasteiger partial charge in [0.25, 0.3) is 0 Å². The minimum Gasteiger partial charge on any atom is -0.481 e. The fourth-order valence-electron chi connectivity index (χ4n) is 8.41. The average Bonchev–Trinajstić information content (AvgIpc) is 3.04. The first kappa shape index (κ1) is 24.2. The highest BCUT2D eigenvalue weighted by Gasteiger charge is 2.63. The summed E-state index contributed by atoms with van der Waals surface area (Å²) in [5.74, 6) is 1.95. The van der Waals surface area contributed by atoms with Gasteiger partial charge in [-0.25, -0.2) is 0 Å². The highest BCUT2D eigenvalue weighted by molar-refractivity contribution is 5.79. The van der Waals surface area contributed by atoms with Crippen LogP contribution in [0.1, 0.15) is 104 Å². The van der Waals surface area contributed by atoms with Crippen molar-refractivity contribution in [3.63, 3.8) is 0 Å². The fraction of sp³-hybridized carbons (Fsp3) is 0.926. The Kier molecular flexibility index (Phi) is 7.36. The standard InChI is InChI=1S/C27H44O5/c1-26-14-13-19(28)16-18(26)9-10-20-21-11-12-23(29)27(21,2)17-22(25(20)26)32-15-7-5-3-4-6-8-24(30)31/h18,20-23,25,29H,3-17H2,1-2H3,(H,30,31)/t18?,20-,21-,22?,23?,25-,26-,27-/m0/s1. The molecule has 0 radical (unpaired) electrons. The molecule has 5 nitrogen and oxygen atoms in total. The normalized spacial score (nSPS) is 43.4. The van der Waals surface area contributed by atoms with Gasteiger partial charge in [-0.15, -0.1) is 0 Å².